The van der Waals surface area contributed by atoms with E-state index in [0.29, 0.717) is 37.3 Å². The summed E-state index contributed by atoms with van der Waals surface area (Å²) in [6, 6.07) is 4.70. The largest absolute Gasteiger partial charge is 0.477 e. The molecule has 0 saturated heterocycles. The Bertz CT molecular complexity index is 696. The van der Waals surface area contributed by atoms with Gasteiger partial charge in [-0.2, -0.15) is 0 Å². The van der Waals surface area contributed by atoms with Gasteiger partial charge in [-0.1, -0.05) is 25.0 Å². The molecule has 2 saturated carbocycles. The van der Waals surface area contributed by atoms with Crippen molar-refractivity contribution in [3.05, 3.63) is 29.6 Å². The predicted octanol–water partition coefficient (Wildman–Crippen LogP) is 2.08. The average molecular weight is 346 g/mol. The van der Waals surface area contributed by atoms with E-state index < -0.39 is 17.5 Å². The van der Waals surface area contributed by atoms with Gasteiger partial charge in [0.15, 0.2) is 17.7 Å². The molecular formula is C19H23FN2O3. The Hall–Kier alpha value is -2.11. The van der Waals surface area contributed by atoms with Crippen LogP contribution in [-0.2, 0) is 16.0 Å². The quantitative estimate of drug-likeness (QED) is 0.858. The first-order chi connectivity index (χ1) is 12.1. The van der Waals surface area contributed by atoms with Crippen molar-refractivity contribution in [3.63, 3.8) is 0 Å². The highest BCUT2D eigenvalue weighted by Crippen LogP contribution is 2.34. The van der Waals surface area contributed by atoms with Crippen molar-refractivity contribution >= 4 is 11.8 Å². The third-order valence-electron chi connectivity index (χ3n) is 5.51. The molecule has 0 unspecified atom stereocenters. The molecule has 2 N–H and O–H groups in total. The minimum Gasteiger partial charge on any atom is -0.477 e. The maximum Gasteiger partial charge on any atom is 0.262 e. The van der Waals surface area contributed by atoms with E-state index in [2.05, 4.69) is 10.6 Å². The van der Waals surface area contributed by atoms with Crippen LogP contribution in [0.15, 0.2) is 18.2 Å². The molecule has 1 atom stereocenters. The first-order valence-corrected chi connectivity index (χ1v) is 9.12. The van der Waals surface area contributed by atoms with Gasteiger partial charge in [-0.3, -0.25) is 9.59 Å². The van der Waals surface area contributed by atoms with Crippen molar-refractivity contribution in [2.75, 3.05) is 6.54 Å². The summed E-state index contributed by atoms with van der Waals surface area (Å²) in [5, 5.41) is 5.93. The minimum atomic E-state index is -0.845. The number of benzene rings is 1. The predicted molar refractivity (Wildman–Crippen MR) is 89.6 cm³/mol. The highest BCUT2D eigenvalue weighted by molar-refractivity contribution is 5.93. The molecule has 5 nitrogen and oxygen atoms in total. The van der Waals surface area contributed by atoms with E-state index in [1.807, 2.05) is 0 Å². The van der Waals surface area contributed by atoms with Crippen LogP contribution in [0.5, 0.6) is 5.75 Å². The maximum absolute atomic E-state index is 13.8. The van der Waals surface area contributed by atoms with E-state index in [0.717, 1.165) is 12.8 Å². The normalized spacial score (nSPS) is 23.6. The van der Waals surface area contributed by atoms with Gasteiger partial charge in [0.25, 0.3) is 5.91 Å². The molecule has 0 aromatic heterocycles. The number of nitrogens with one attached hydrogen (secondary N) is 2. The zero-order valence-corrected chi connectivity index (χ0v) is 14.1. The number of fused-ring (bicyclic) bond motifs is 1. The molecule has 1 aromatic carbocycles. The van der Waals surface area contributed by atoms with Crippen molar-refractivity contribution in [2.45, 2.75) is 56.6 Å². The Morgan fingerprint density at radius 2 is 2.00 bits per heavy atom. The molecule has 1 aliphatic heterocycles. The van der Waals surface area contributed by atoms with Gasteiger partial charge < -0.3 is 15.4 Å². The number of halogens is 1. The summed E-state index contributed by atoms with van der Waals surface area (Å²) in [6.45, 7) is 0.688. The molecule has 1 aromatic rings. The molecule has 3 aliphatic rings. The topological polar surface area (TPSA) is 67.4 Å². The molecule has 25 heavy (non-hydrogen) atoms. The van der Waals surface area contributed by atoms with E-state index in [4.69, 9.17) is 4.74 Å². The Morgan fingerprint density at radius 3 is 2.68 bits per heavy atom. The molecule has 6 heteroatoms. The summed E-state index contributed by atoms with van der Waals surface area (Å²) in [7, 11) is 0. The zero-order chi connectivity index (χ0) is 17.4. The Morgan fingerprint density at radius 1 is 1.24 bits per heavy atom. The summed E-state index contributed by atoms with van der Waals surface area (Å²) in [6.07, 6.45) is 5.00. The summed E-state index contributed by atoms with van der Waals surface area (Å²) in [4.78, 5) is 25.4. The van der Waals surface area contributed by atoms with Crippen LogP contribution in [0.2, 0.25) is 0 Å². The van der Waals surface area contributed by atoms with Crippen molar-refractivity contribution in [1.29, 1.82) is 0 Å². The van der Waals surface area contributed by atoms with Crippen LogP contribution in [-0.4, -0.2) is 30.0 Å². The summed E-state index contributed by atoms with van der Waals surface area (Å²) >= 11 is 0. The molecule has 2 aliphatic carbocycles. The number of ether oxygens (including phenoxy) is 1. The van der Waals surface area contributed by atoms with Gasteiger partial charge in [-0.25, -0.2) is 4.39 Å². The van der Waals surface area contributed by atoms with Crippen LogP contribution in [0.1, 0.15) is 44.1 Å². The SMILES string of the molecule is O=C(NC1(C(=O)NCC2CC2)CCCC1)[C@H]1Cc2cccc(F)c2O1. The smallest absolute Gasteiger partial charge is 0.262 e. The van der Waals surface area contributed by atoms with Crippen LogP contribution in [0.25, 0.3) is 0 Å². The fourth-order valence-corrected chi connectivity index (χ4v) is 3.81. The van der Waals surface area contributed by atoms with Crippen LogP contribution < -0.4 is 15.4 Å². The summed E-state index contributed by atoms with van der Waals surface area (Å²) < 4.78 is 19.3. The lowest BCUT2D eigenvalue weighted by Gasteiger charge is -2.30. The van der Waals surface area contributed by atoms with Gasteiger partial charge in [0.1, 0.15) is 5.54 Å². The van der Waals surface area contributed by atoms with Gasteiger partial charge in [0, 0.05) is 18.5 Å². The summed E-state index contributed by atoms with van der Waals surface area (Å²) in [5.41, 5.74) is -0.151. The van der Waals surface area contributed by atoms with Crippen LogP contribution in [0, 0.1) is 11.7 Å². The first kappa shape index (κ1) is 16.4. The molecule has 1 heterocycles. The zero-order valence-electron chi connectivity index (χ0n) is 14.1. The summed E-state index contributed by atoms with van der Waals surface area (Å²) in [5.74, 6) is -0.133. The molecule has 4 rings (SSSR count). The van der Waals surface area contributed by atoms with Crippen LogP contribution >= 0.6 is 0 Å². The molecule has 2 fully saturated rings. The fraction of sp³-hybridized carbons (Fsp3) is 0.579. The van der Waals surface area contributed by atoms with Gasteiger partial charge in [0.2, 0.25) is 5.91 Å². The maximum atomic E-state index is 13.8. The van der Waals surface area contributed by atoms with Crippen molar-refractivity contribution in [1.82, 2.24) is 10.6 Å². The highest BCUT2D eigenvalue weighted by atomic mass is 19.1. The third-order valence-corrected chi connectivity index (χ3v) is 5.51. The Balaban J connectivity index is 1.43. The molecule has 2 amide bonds. The monoisotopic (exact) mass is 346 g/mol. The van der Waals surface area contributed by atoms with Gasteiger partial charge in [-0.05, 0) is 37.7 Å². The highest BCUT2D eigenvalue weighted by Gasteiger charge is 2.45. The number of hydrogen-bond acceptors (Lipinski definition) is 3. The fourth-order valence-electron chi connectivity index (χ4n) is 3.81. The number of carbonyl (C=O) groups is 2. The lowest BCUT2D eigenvalue weighted by atomic mass is 9.95. The first-order valence-electron chi connectivity index (χ1n) is 9.12. The number of carbonyl (C=O) groups excluding carboxylic acids is 2. The van der Waals surface area contributed by atoms with E-state index in [1.54, 1.807) is 12.1 Å². The molecule has 0 bridgehead atoms. The van der Waals surface area contributed by atoms with Gasteiger partial charge in [-0.15, -0.1) is 0 Å². The number of para-hydroxylation sites is 1. The standard InChI is InChI=1S/C19H23FN2O3/c20-14-5-3-4-13-10-15(25-16(13)14)17(23)22-19(8-1-2-9-19)18(24)21-11-12-6-7-12/h3-5,12,15H,1-2,6-11H2,(H,21,24)(H,22,23)/t15-/m1/s1. The molecular weight excluding hydrogens is 323 g/mol. The second-order valence-corrected chi connectivity index (χ2v) is 7.47. The average Bonchev–Trinajstić information content (AvgIpc) is 3.11. The van der Waals surface area contributed by atoms with Gasteiger partial charge >= 0.3 is 0 Å². The van der Waals surface area contributed by atoms with Crippen LogP contribution in [0.4, 0.5) is 4.39 Å². The Kier molecular flexibility index (Phi) is 4.13. The van der Waals surface area contributed by atoms with Crippen molar-refractivity contribution < 1.29 is 18.7 Å². The van der Waals surface area contributed by atoms with Crippen molar-refractivity contribution in [2.24, 2.45) is 5.92 Å². The second-order valence-electron chi connectivity index (χ2n) is 7.47. The third kappa shape index (κ3) is 3.22. The number of rotatable bonds is 5. The minimum absolute atomic E-state index is 0.0908. The number of hydrogen-bond donors (Lipinski definition) is 2. The lowest BCUT2D eigenvalue weighted by molar-refractivity contribution is -0.136. The van der Waals surface area contributed by atoms with Crippen LogP contribution in [0.3, 0.4) is 0 Å². The van der Waals surface area contributed by atoms with E-state index in [9.17, 15) is 14.0 Å². The van der Waals surface area contributed by atoms with Gasteiger partial charge in [0.05, 0.1) is 0 Å². The molecule has 134 valence electrons. The molecule has 0 spiro atoms. The number of amides is 2. The van der Waals surface area contributed by atoms with Crippen molar-refractivity contribution in [3.8, 4) is 5.75 Å². The molecule has 0 radical (unpaired) electrons. The Labute approximate surface area is 146 Å². The second kappa shape index (κ2) is 6.32. The van der Waals surface area contributed by atoms with E-state index in [1.165, 1.54) is 18.9 Å². The van der Waals surface area contributed by atoms with E-state index >= 15 is 0 Å². The van der Waals surface area contributed by atoms with E-state index in [-0.39, 0.29) is 17.6 Å². The lowest BCUT2D eigenvalue weighted by Crippen LogP contribution is -2.59.